The van der Waals surface area contributed by atoms with Gasteiger partial charge in [0.05, 0.1) is 12.0 Å². The molecular formula is C41H51N5O11+2. The second-order valence-corrected chi connectivity index (χ2v) is 16.2. The Morgan fingerprint density at radius 1 is 1.12 bits per heavy atom. The van der Waals surface area contributed by atoms with Crippen LogP contribution in [0.4, 0.5) is 5.69 Å². The first-order chi connectivity index (χ1) is 27.3. The van der Waals surface area contributed by atoms with Gasteiger partial charge in [-0.3, -0.25) is 29.4 Å². The molecule has 1 aromatic heterocycles. The number of fused-ring (bicyclic) bond motifs is 4. The summed E-state index contributed by atoms with van der Waals surface area (Å²) in [5.41, 5.74) is 1.58. The molecule has 2 aromatic rings. The molecule has 6 aliphatic heterocycles. The van der Waals surface area contributed by atoms with Gasteiger partial charge < -0.3 is 40.0 Å². The summed E-state index contributed by atoms with van der Waals surface area (Å²) in [6, 6.07) is 3.20. The Morgan fingerprint density at radius 2 is 1.91 bits per heavy atom. The van der Waals surface area contributed by atoms with Crippen molar-refractivity contribution in [1.29, 1.82) is 0 Å². The number of nitrogens with zero attached hydrogens (tertiary/aromatic N) is 2. The molecule has 6 aliphatic rings. The lowest BCUT2D eigenvalue weighted by Crippen LogP contribution is -3.11. The van der Waals surface area contributed by atoms with E-state index in [2.05, 4.69) is 22.2 Å². The Bertz CT molecular complexity index is 2190. The van der Waals surface area contributed by atoms with Gasteiger partial charge >= 0.3 is 0 Å². The molecule has 1 saturated heterocycles. The molecule has 57 heavy (non-hydrogen) atoms. The average molecular weight is 790 g/mol. The van der Waals surface area contributed by atoms with Crippen LogP contribution in [0.15, 0.2) is 78.4 Å². The number of hydrogen-bond acceptors (Lipinski definition) is 13. The molecule has 0 bridgehead atoms. The number of aliphatic hydroxyl groups excluding tert-OH is 4. The number of rotatable bonds is 15. The number of ether oxygens (including phenoxy) is 1. The van der Waals surface area contributed by atoms with Gasteiger partial charge in [-0.2, -0.15) is 0 Å². The molecule has 16 nitrogen and oxygen atoms in total. The minimum absolute atomic E-state index is 0.0105. The maximum atomic E-state index is 13.6. The second kappa shape index (κ2) is 15.4. The molecule has 1 aromatic carbocycles. The predicted molar refractivity (Wildman–Crippen MR) is 206 cm³/mol. The number of carbonyl (C=O) groups is 1. The average Bonchev–Trinajstić information content (AvgIpc) is 4.03. The molecule has 8 N–H and O–H groups in total. The quantitative estimate of drug-likeness (QED) is 0.0787. The zero-order valence-corrected chi connectivity index (χ0v) is 32.2. The van der Waals surface area contributed by atoms with E-state index in [1.807, 2.05) is 25.3 Å². The maximum absolute atomic E-state index is 13.6. The smallest absolute Gasteiger partial charge is 0.222 e. The van der Waals surface area contributed by atoms with Gasteiger partial charge in [-0.1, -0.05) is 6.92 Å². The minimum Gasteiger partial charge on any atom is -0.478 e. The highest BCUT2D eigenvalue weighted by atomic mass is 17.2. The highest BCUT2D eigenvalue weighted by molar-refractivity contribution is 5.90. The first-order valence-corrected chi connectivity index (χ1v) is 19.7. The van der Waals surface area contributed by atoms with E-state index in [1.165, 1.54) is 6.07 Å². The fourth-order valence-corrected chi connectivity index (χ4v) is 9.10. The summed E-state index contributed by atoms with van der Waals surface area (Å²) in [7, 11) is 0. The Hall–Kier alpha value is -4.36. The number of aryl methyl sites for hydroxylation is 1. The van der Waals surface area contributed by atoms with Crippen molar-refractivity contribution in [2.45, 2.75) is 94.5 Å². The van der Waals surface area contributed by atoms with Crippen LogP contribution in [0.1, 0.15) is 50.9 Å². The number of benzene rings is 1. The monoisotopic (exact) mass is 789 g/mol. The SMILES string of the molecule is CCC1C2=CC=NC2=C[NH+]1c1c2c(cc3c(=O)cc(C)oc13)CC(OOCC(O)C(O)(C[NH+]1CC=C3N=CC=C31)C(O)C(O)CO)C(C)(CCC1CNC(=O)C1)O2. The molecule has 0 radical (unpaired) electrons. The number of allylic oxidation sites excluding steroid dienone is 2. The van der Waals surface area contributed by atoms with Crippen molar-refractivity contribution in [3.05, 3.63) is 80.8 Å². The second-order valence-electron chi connectivity index (χ2n) is 16.2. The molecule has 16 heteroatoms. The summed E-state index contributed by atoms with van der Waals surface area (Å²) in [6.45, 7) is 4.97. The number of aliphatic hydroxyl groups is 5. The lowest BCUT2D eigenvalue weighted by molar-refractivity contribution is -0.856. The number of hydrogen-bond donors (Lipinski definition) is 8. The summed E-state index contributed by atoms with van der Waals surface area (Å²) in [4.78, 5) is 48.1. The molecule has 1 amide bonds. The van der Waals surface area contributed by atoms with Crippen molar-refractivity contribution in [1.82, 2.24) is 5.32 Å². The van der Waals surface area contributed by atoms with Gasteiger partial charge in [-0.25, -0.2) is 9.78 Å². The van der Waals surface area contributed by atoms with Crippen molar-refractivity contribution in [2.24, 2.45) is 15.9 Å². The lowest BCUT2D eigenvalue weighted by atomic mass is 9.83. The zero-order chi connectivity index (χ0) is 40.2. The molecule has 304 valence electrons. The highest BCUT2D eigenvalue weighted by Gasteiger charge is 2.52. The normalized spacial score (nSPS) is 29.8. The van der Waals surface area contributed by atoms with E-state index in [0.717, 1.165) is 34.0 Å². The fraction of sp³-hybridized carbons (Fsp3) is 0.512. The standard InChI is InChI=1S/C41H49N5O11/c1-4-29-25-6-10-43-28(25)18-46(29)36-37-24(15-26-31(48)13-22(2)55-38(26)36)16-34(40(3,56-37)9-5-23-14-35(51)44-17-23)57-54-20-33(50)41(53,39(52)32(49)19-47)21-45-12-8-27-30(45)7-11-42-27/h6-8,10-11,13,15,18,23,29,32-34,39,47,49-50,52-53H,4-5,9,12,14,16-17,19-21H2,1-3H3,(H,44,51)/p+2. The summed E-state index contributed by atoms with van der Waals surface area (Å²) >= 11 is 0. The minimum atomic E-state index is -2.35. The summed E-state index contributed by atoms with van der Waals surface area (Å²) < 4.78 is 13.4. The Labute approximate surface area is 328 Å². The maximum Gasteiger partial charge on any atom is 0.222 e. The van der Waals surface area contributed by atoms with Crippen LogP contribution >= 0.6 is 0 Å². The van der Waals surface area contributed by atoms with Gasteiger partial charge in [0.2, 0.25) is 17.2 Å². The summed E-state index contributed by atoms with van der Waals surface area (Å²) in [5, 5.41) is 57.8. The zero-order valence-electron chi connectivity index (χ0n) is 32.2. The number of aliphatic imine (C=N–C) groups is 2. The lowest BCUT2D eigenvalue weighted by Gasteiger charge is -2.43. The van der Waals surface area contributed by atoms with Crippen LogP contribution in [0.3, 0.4) is 0 Å². The molecule has 0 saturated carbocycles. The first-order valence-electron chi connectivity index (χ1n) is 19.7. The van der Waals surface area contributed by atoms with E-state index < -0.39 is 48.8 Å². The molecule has 7 heterocycles. The van der Waals surface area contributed by atoms with E-state index >= 15 is 0 Å². The molecule has 10 atom stereocenters. The number of quaternary nitrogens is 2. The number of nitrogens with one attached hydrogen (secondary N) is 3. The Morgan fingerprint density at radius 3 is 2.67 bits per heavy atom. The highest BCUT2D eigenvalue weighted by Crippen LogP contribution is 2.45. The van der Waals surface area contributed by atoms with E-state index in [-0.39, 0.29) is 36.3 Å². The third-order valence-corrected chi connectivity index (χ3v) is 12.4. The molecule has 0 spiro atoms. The summed E-state index contributed by atoms with van der Waals surface area (Å²) in [6.07, 6.45) is 7.22. The van der Waals surface area contributed by atoms with Crippen LogP contribution < -0.4 is 25.3 Å². The third-order valence-electron chi connectivity index (χ3n) is 12.4. The van der Waals surface area contributed by atoms with Gasteiger partial charge in [-0.05, 0) is 44.7 Å². The topological polar surface area (TPSA) is 222 Å². The van der Waals surface area contributed by atoms with E-state index in [1.54, 1.807) is 31.5 Å². The largest absolute Gasteiger partial charge is 0.478 e. The van der Waals surface area contributed by atoms with Crippen LogP contribution in [-0.4, -0.2) is 118 Å². The van der Waals surface area contributed by atoms with E-state index in [9.17, 15) is 35.1 Å². The Balaban J connectivity index is 1.11. The van der Waals surface area contributed by atoms with Gasteiger partial charge in [0, 0.05) is 67.6 Å². The van der Waals surface area contributed by atoms with Crippen molar-refractivity contribution >= 4 is 35.0 Å². The van der Waals surface area contributed by atoms with Crippen molar-refractivity contribution in [3.8, 4) is 5.75 Å². The van der Waals surface area contributed by atoms with Crippen molar-refractivity contribution in [2.75, 3.05) is 32.8 Å². The van der Waals surface area contributed by atoms with Crippen molar-refractivity contribution in [3.63, 3.8) is 0 Å². The van der Waals surface area contributed by atoms with Crippen LogP contribution in [0.25, 0.3) is 11.0 Å². The molecule has 1 fully saturated rings. The fourth-order valence-electron chi connectivity index (χ4n) is 9.10. The van der Waals surface area contributed by atoms with Gasteiger partial charge in [-0.15, -0.1) is 0 Å². The van der Waals surface area contributed by atoms with Crippen LogP contribution in [0.5, 0.6) is 5.75 Å². The van der Waals surface area contributed by atoms with Gasteiger partial charge in [0.25, 0.3) is 0 Å². The van der Waals surface area contributed by atoms with E-state index in [0.29, 0.717) is 71.0 Å². The van der Waals surface area contributed by atoms with Crippen LogP contribution in [-0.2, 0) is 21.0 Å². The van der Waals surface area contributed by atoms with Gasteiger partial charge in [0.1, 0.15) is 79.1 Å². The first kappa shape index (κ1) is 39.5. The molecule has 8 rings (SSSR count). The van der Waals surface area contributed by atoms with E-state index in [4.69, 9.17) is 18.9 Å². The molecular weight excluding hydrogens is 738 g/mol. The van der Waals surface area contributed by atoms with Crippen molar-refractivity contribution < 1.29 is 59.1 Å². The molecule has 0 aliphatic carbocycles. The summed E-state index contributed by atoms with van der Waals surface area (Å²) in [5.74, 6) is 1.07. The Kier molecular flexibility index (Phi) is 10.7. The predicted octanol–water partition coefficient (Wildman–Crippen LogP) is -1.25. The third kappa shape index (κ3) is 7.12. The number of carbonyl (C=O) groups excluding carboxylic acids is 1. The molecule has 10 unspecified atom stereocenters. The number of amides is 1. The van der Waals surface area contributed by atoms with Crippen LogP contribution in [0.2, 0.25) is 0 Å². The van der Waals surface area contributed by atoms with Crippen LogP contribution in [0, 0.1) is 12.8 Å². The van der Waals surface area contributed by atoms with Gasteiger partial charge in [0.15, 0.2) is 22.5 Å².